The van der Waals surface area contributed by atoms with Crippen LogP contribution < -0.4 is 11.2 Å². The first-order chi connectivity index (χ1) is 16.0. The summed E-state index contributed by atoms with van der Waals surface area (Å²) in [5.41, 5.74) is 2.00. The summed E-state index contributed by atoms with van der Waals surface area (Å²) in [5, 5.41) is 4.39. The molecule has 0 spiro atoms. The quantitative estimate of drug-likeness (QED) is 0.412. The molecule has 1 N–H and O–H groups in total. The number of methoxy groups -OCH3 is 1. The van der Waals surface area contributed by atoms with Gasteiger partial charge in [-0.15, -0.1) is 0 Å². The standard InChI is InChI=1S/C23H26N6O4/c1-4-9-28-20-18(21(30)29(10-5-2)23(28)32)25-19(26-20)17-12-24-27(14-17)13-15-7-6-8-16(11-15)22(31)33-3/h6-8,11-12,14H,4-5,9-10,13H2,1-3H3,(H,25,26). The van der Waals surface area contributed by atoms with E-state index in [1.54, 1.807) is 39.8 Å². The first-order valence-electron chi connectivity index (χ1n) is 10.9. The number of carbonyl (C=O) groups is 1. The highest BCUT2D eigenvalue weighted by atomic mass is 16.5. The van der Waals surface area contributed by atoms with Crippen LogP contribution in [0.5, 0.6) is 0 Å². The zero-order valence-corrected chi connectivity index (χ0v) is 18.9. The number of rotatable bonds is 8. The Kier molecular flexibility index (Phi) is 6.25. The summed E-state index contributed by atoms with van der Waals surface area (Å²) in [5.74, 6) is 0.0716. The number of aromatic nitrogens is 6. The van der Waals surface area contributed by atoms with Crippen LogP contribution in [-0.4, -0.2) is 42.0 Å². The molecule has 0 aliphatic rings. The van der Waals surface area contributed by atoms with Gasteiger partial charge in [0, 0.05) is 19.3 Å². The molecule has 0 atom stereocenters. The molecule has 33 heavy (non-hydrogen) atoms. The van der Waals surface area contributed by atoms with Gasteiger partial charge in [0.15, 0.2) is 5.65 Å². The first-order valence-corrected chi connectivity index (χ1v) is 10.9. The highest BCUT2D eigenvalue weighted by Gasteiger charge is 2.18. The predicted octanol–water partition coefficient (Wildman–Crippen LogP) is 2.40. The minimum absolute atomic E-state index is 0.310. The van der Waals surface area contributed by atoms with Crippen LogP contribution in [0.2, 0.25) is 0 Å². The van der Waals surface area contributed by atoms with Crippen LogP contribution in [0.15, 0.2) is 46.2 Å². The summed E-state index contributed by atoms with van der Waals surface area (Å²) in [6.07, 6.45) is 4.87. The predicted molar refractivity (Wildman–Crippen MR) is 123 cm³/mol. The van der Waals surface area contributed by atoms with Gasteiger partial charge in [0.05, 0.1) is 31.0 Å². The van der Waals surface area contributed by atoms with Crippen molar-refractivity contribution in [2.45, 2.75) is 46.3 Å². The van der Waals surface area contributed by atoms with Gasteiger partial charge in [0.1, 0.15) is 11.3 Å². The van der Waals surface area contributed by atoms with Crippen LogP contribution in [0.4, 0.5) is 0 Å². The Morgan fingerprint density at radius 2 is 1.88 bits per heavy atom. The second-order valence-corrected chi connectivity index (χ2v) is 7.79. The molecule has 4 aromatic rings. The third-order valence-corrected chi connectivity index (χ3v) is 5.35. The maximum absolute atomic E-state index is 12.9. The lowest BCUT2D eigenvalue weighted by Gasteiger charge is -2.09. The van der Waals surface area contributed by atoms with Crippen molar-refractivity contribution < 1.29 is 9.53 Å². The largest absolute Gasteiger partial charge is 0.465 e. The minimum atomic E-state index is -0.396. The van der Waals surface area contributed by atoms with Gasteiger partial charge in [-0.2, -0.15) is 5.10 Å². The molecule has 0 aliphatic heterocycles. The Hall–Kier alpha value is -3.95. The molecule has 0 saturated carbocycles. The number of hydrogen-bond donors (Lipinski definition) is 1. The van der Waals surface area contributed by atoms with Crippen molar-refractivity contribution >= 4 is 17.1 Å². The first kappa shape index (κ1) is 22.3. The summed E-state index contributed by atoms with van der Waals surface area (Å²) >= 11 is 0. The molecule has 10 heteroatoms. The van der Waals surface area contributed by atoms with Crippen LogP contribution in [0.3, 0.4) is 0 Å². The number of nitrogens with zero attached hydrogens (tertiary/aromatic N) is 5. The maximum Gasteiger partial charge on any atom is 0.337 e. The number of ether oxygens (including phenoxy) is 1. The van der Waals surface area contributed by atoms with E-state index in [1.807, 2.05) is 19.9 Å². The van der Waals surface area contributed by atoms with Gasteiger partial charge in [-0.3, -0.25) is 18.6 Å². The van der Waals surface area contributed by atoms with Crippen molar-refractivity contribution in [2.75, 3.05) is 7.11 Å². The Morgan fingerprint density at radius 3 is 2.61 bits per heavy atom. The van der Waals surface area contributed by atoms with E-state index in [2.05, 4.69) is 15.1 Å². The number of aryl methyl sites for hydroxylation is 1. The monoisotopic (exact) mass is 450 g/mol. The number of benzene rings is 1. The summed E-state index contributed by atoms with van der Waals surface area (Å²) in [6, 6.07) is 7.14. The van der Waals surface area contributed by atoms with Crippen molar-refractivity contribution in [3.63, 3.8) is 0 Å². The van der Waals surface area contributed by atoms with Crippen molar-refractivity contribution in [3.8, 4) is 11.4 Å². The average molecular weight is 450 g/mol. The van der Waals surface area contributed by atoms with Gasteiger partial charge in [-0.25, -0.2) is 14.6 Å². The summed E-state index contributed by atoms with van der Waals surface area (Å²) in [6.45, 7) is 5.16. The number of aromatic amines is 1. The van der Waals surface area contributed by atoms with Gasteiger partial charge in [-0.1, -0.05) is 26.0 Å². The van der Waals surface area contributed by atoms with Crippen LogP contribution >= 0.6 is 0 Å². The van der Waals surface area contributed by atoms with Crippen molar-refractivity contribution in [2.24, 2.45) is 0 Å². The van der Waals surface area contributed by atoms with E-state index < -0.39 is 5.97 Å². The smallest absolute Gasteiger partial charge is 0.337 e. The molecule has 172 valence electrons. The number of imidazole rings is 1. The zero-order valence-electron chi connectivity index (χ0n) is 18.9. The van der Waals surface area contributed by atoms with Crippen molar-refractivity contribution in [1.82, 2.24) is 28.9 Å². The highest BCUT2D eigenvalue weighted by Crippen LogP contribution is 2.19. The minimum Gasteiger partial charge on any atom is -0.465 e. The fourth-order valence-electron chi connectivity index (χ4n) is 3.82. The fourth-order valence-corrected chi connectivity index (χ4v) is 3.82. The molecule has 0 saturated heterocycles. The summed E-state index contributed by atoms with van der Waals surface area (Å²) in [4.78, 5) is 45.2. The van der Waals surface area contributed by atoms with E-state index in [0.29, 0.717) is 54.2 Å². The van der Waals surface area contributed by atoms with Gasteiger partial charge in [-0.05, 0) is 30.5 Å². The molecule has 10 nitrogen and oxygen atoms in total. The Bertz CT molecular complexity index is 1420. The molecule has 3 aromatic heterocycles. The zero-order chi connectivity index (χ0) is 23.5. The number of fused-ring (bicyclic) bond motifs is 1. The Balaban J connectivity index is 1.70. The second-order valence-electron chi connectivity index (χ2n) is 7.79. The number of H-pyrrole nitrogens is 1. The molecule has 0 unspecified atom stereocenters. The molecule has 4 rings (SSSR count). The Morgan fingerprint density at radius 1 is 1.12 bits per heavy atom. The van der Waals surface area contributed by atoms with Crippen LogP contribution in [-0.2, 0) is 24.4 Å². The van der Waals surface area contributed by atoms with Crippen LogP contribution in [0.1, 0.15) is 42.6 Å². The van der Waals surface area contributed by atoms with Gasteiger partial charge in [0.25, 0.3) is 5.56 Å². The SMILES string of the molecule is CCCn1c(=O)c2[nH]c(-c3cnn(Cc4cccc(C(=O)OC)c4)c3)nc2n(CCC)c1=O. The van der Waals surface area contributed by atoms with E-state index in [9.17, 15) is 14.4 Å². The lowest BCUT2D eigenvalue weighted by Crippen LogP contribution is -2.40. The lowest BCUT2D eigenvalue weighted by atomic mass is 10.1. The third-order valence-electron chi connectivity index (χ3n) is 5.35. The number of carbonyl (C=O) groups excluding carboxylic acids is 1. The molecule has 0 bridgehead atoms. The van der Waals surface area contributed by atoms with E-state index in [4.69, 9.17) is 4.74 Å². The molecule has 3 heterocycles. The summed E-state index contributed by atoms with van der Waals surface area (Å²) in [7, 11) is 1.35. The van der Waals surface area contributed by atoms with E-state index in [-0.39, 0.29) is 11.2 Å². The van der Waals surface area contributed by atoms with E-state index in [0.717, 1.165) is 12.0 Å². The molecule has 0 amide bonds. The van der Waals surface area contributed by atoms with Crippen molar-refractivity contribution in [3.05, 3.63) is 68.6 Å². The van der Waals surface area contributed by atoms with Crippen LogP contribution in [0, 0.1) is 0 Å². The Labute approximate surface area is 189 Å². The average Bonchev–Trinajstić information content (AvgIpc) is 3.46. The number of esters is 1. The van der Waals surface area contributed by atoms with Gasteiger partial charge >= 0.3 is 11.7 Å². The fraction of sp³-hybridized carbons (Fsp3) is 0.348. The summed E-state index contributed by atoms with van der Waals surface area (Å²) < 4.78 is 9.30. The normalized spacial score (nSPS) is 11.2. The van der Waals surface area contributed by atoms with E-state index >= 15 is 0 Å². The number of hydrogen-bond acceptors (Lipinski definition) is 6. The van der Waals surface area contributed by atoms with Crippen LogP contribution in [0.25, 0.3) is 22.6 Å². The molecule has 0 radical (unpaired) electrons. The highest BCUT2D eigenvalue weighted by molar-refractivity contribution is 5.89. The van der Waals surface area contributed by atoms with Gasteiger partial charge in [0.2, 0.25) is 0 Å². The van der Waals surface area contributed by atoms with Crippen molar-refractivity contribution in [1.29, 1.82) is 0 Å². The second kappa shape index (κ2) is 9.27. The van der Waals surface area contributed by atoms with E-state index in [1.165, 1.54) is 11.7 Å². The number of nitrogens with one attached hydrogen (secondary N) is 1. The molecular formula is C23H26N6O4. The topological polar surface area (TPSA) is 117 Å². The molecule has 0 aliphatic carbocycles. The molecule has 1 aromatic carbocycles. The third kappa shape index (κ3) is 4.23. The molecular weight excluding hydrogens is 424 g/mol. The van der Waals surface area contributed by atoms with Gasteiger partial charge < -0.3 is 9.72 Å². The lowest BCUT2D eigenvalue weighted by molar-refractivity contribution is 0.0600. The maximum atomic E-state index is 12.9. The molecule has 0 fully saturated rings.